The summed E-state index contributed by atoms with van der Waals surface area (Å²) >= 11 is 1.52. The molecule has 618 valence electrons. The van der Waals surface area contributed by atoms with E-state index >= 15 is 4.39 Å². The maximum Gasteiger partial charge on any atom is 0.410 e. The summed E-state index contributed by atoms with van der Waals surface area (Å²) in [5.74, 6) is -2.94. The molecule has 5 aliphatic heterocycles. The number of H-pyrrole nitrogens is 1. The summed E-state index contributed by atoms with van der Waals surface area (Å²) in [6.45, 7) is 14.1. The monoisotopic (exact) mass is 1630 g/mol. The van der Waals surface area contributed by atoms with E-state index < -0.39 is 78.5 Å². The first-order valence-electron chi connectivity index (χ1n) is 40.5. The minimum Gasteiger partial charge on any atom is -0.486 e. The van der Waals surface area contributed by atoms with Crippen LogP contribution in [0.1, 0.15) is 150 Å². The Morgan fingerprint density at radius 2 is 1.49 bits per heavy atom. The van der Waals surface area contributed by atoms with Crippen molar-refractivity contribution in [3.63, 3.8) is 0 Å². The number of aromatic nitrogens is 8. The predicted molar refractivity (Wildman–Crippen MR) is 436 cm³/mol. The minimum absolute atomic E-state index is 0.00536. The smallest absolute Gasteiger partial charge is 0.410 e. The Bertz CT molecular complexity index is 5280. The SMILES string of the molecule is Cc1ncsc1-c1ccc([C@H](CO)NC(=O)[C@@H]2C[C@@H](O)CN2C(=O)[C@H](C(C)C)n2cc(-c3ccc(COc4c(-c5c(C)c(F)cc6[nH]ncc56)c(C5CC5)cc5c(N6C[C@@H]7C[C@H]6CN7C(=O)OCc6ccc(NC(=O)[C@H](C)NC(=O)[C@@H](NC(=O)CCCCCN7C(=O)C=CC7=O)C(C)C)cc6)nc(OC6CCOCC6)nc45)cc3)nn2)cc1. The van der Waals surface area contributed by atoms with Crippen molar-refractivity contribution in [1.82, 2.24) is 70.8 Å². The van der Waals surface area contributed by atoms with E-state index in [2.05, 4.69) is 57.7 Å². The Morgan fingerprint density at radius 1 is 0.763 bits per heavy atom. The number of carbonyl (C=O) groups is 8. The first-order valence-corrected chi connectivity index (χ1v) is 41.3. The fourth-order valence-corrected chi connectivity index (χ4v) is 17.3. The van der Waals surface area contributed by atoms with E-state index in [1.165, 1.54) is 39.1 Å². The van der Waals surface area contributed by atoms with Gasteiger partial charge in [0.25, 0.3) is 11.8 Å². The summed E-state index contributed by atoms with van der Waals surface area (Å²) in [4.78, 5) is 129. The Hall–Kier alpha value is -11.6. The number of β-amino-alcohol motifs (C(OH)–C–C–N with tert-alkyl or cyclic N) is 1. The average Bonchev–Trinajstić information content (AvgIpc) is 1.42. The molecule has 9 aromatic rings. The fraction of sp³-hybridized carbons (Fsp3) is 0.442. The number of aliphatic hydroxyl groups is 2. The van der Waals surface area contributed by atoms with Crippen LogP contribution in [-0.2, 0) is 56.2 Å². The van der Waals surface area contributed by atoms with E-state index in [0.717, 1.165) is 45.0 Å². The van der Waals surface area contributed by atoms with E-state index in [1.54, 1.807) is 74.8 Å². The summed E-state index contributed by atoms with van der Waals surface area (Å²) in [7, 11) is 0. The van der Waals surface area contributed by atoms with Crippen molar-refractivity contribution in [3.8, 4) is 44.6 Å². The van der Waals surface area contributed by atoms with Gasteiger partial charge in [-0.25, -0.2) is 18.9 Å². The zero-order chi connectivity index (χ0) is 82.7. The summed E-state index contributed by atoms with van der Waals surface area (Å²) in [5, 5.41) is 50.6. The van der Waals surface area contributed by atoms with Crippen molar-refractivity contribution in [2.45, 2.75) is 186 Å². The highest BCUT2D eigenvalue weighted by Crippen LogP contribution is 2.54. The summed E-state index contributed by atoms with van der Waals surface area (Å²) in [5.41, 5.74) is 10.9. The van der Waals surface area contributed by atoms with Crippen LogP contribution >= 0.6 is 11.3 Å². The molecule has 2 bridgehead atoms. The molecule has 8 amide bonds. The molecule has 0 radical (unpaired) electrons. The third kappa shape index (κ3) is 17.7. The molecule has 7 N–H and O–H groups in total. The van der Waals surface area contributed by atoms with Gasteiger partial charge >= 0.3 is 12.1 Å². The first kappa shape index (κ1) is 81.5. The van der Waals surface area contributed by atoms with Crippen LogP contribution in [0.5, 0.6) is 11.8 Å². The second-order valence-corrected chi connectivity index (χ2v) is 33.0. The molecular weight excluding hydrogens is 1530 g/mol. The molecule has 30 nitrogen and oxygen atoms in total. The average molecular weight is 1630 g/mol. The second-order valence-electron chi connectivity index (χ2n) is 32.2. The molecule has 15 rings (SSSR count). The number of fused-ring (bicyclic) bond motifs is 4. The van der Waals surface area contributed by atoms with Gasteiger partial charge in [-0.05, 0) is 128 Å². The lowest BCUT2D eigenvalue weighted by Crippen LogP contribution is -2.53. The number of likely N-dealkylation sites (tertiary alicyclic amines) is 2. The number of hydrogen-bond donors (Lipinski definition) is 7. The number of thiazole rings is 1. The normalized spacial score (nSPS) is 19.1. The van der Waals surface area contributed by atoms with Crippen LogP contribution in [0.2, 0.25) is 0 Å². The van der Waals surface area contributed by atoms with Crippen LogP contribution in [0.15, 0.2) is 115 Å². The van der Waals surface area contributed by atoms with E-state index in [4.69, 9.17) is 28.9 Å². The van der Waals surface area contributed by atoms with Crippen LogP contribution in [0.25, 0.3) is 54.6 Å². The maximum atomic E-state index is 16.5. The first-order chi connectivity index (χ1) is 56.9. The number of rotatable bonds is 31. The molecule has 5 aromatic carbocycles. The van der Waals surface area contributed by atoms with Crippen LogP contribution in [0, 0.1) is 31.5 Å². The lowest BCUT2D eigenvalue weighted by atomic mass is 9.88. The zero-order valence-corrected chi connectivity index (χ0v) is 67.6. The number of anilines is 2. The number of aromatic amines is 1. The number of hydrogen-bond acceptors (Lipinski definition) is 22. The van der Waals surface area contributed by atoms with Gasteiger partial charge in [0.05, 0.1) is 78.0 Å². The number of ether oxygens (including phenoxy) is 4. The molecule has 4 saturated heterocycles. The third-order valence-corrected chi connectivity index (χ3v) is 24.1. The zero-order valence-electron chi connectivity index (χ0n) is 66.8. The minimum atomic E-state index is -1.03. The Balaban J connectivity index is 0.625. The Morgan fingerprint density at radius 3 is 2.18 bits per heavy atom. The van der Waals surface area contributed by atoms with E-state index in [0.29, 0.717) is 143 Å². The van der Waals surface area contributed by atoms with Gasteiger partial charge in [0, 0.05) is 97.2 Å². The standard InChI is InChI=1S/C86H97FN16O14S/c1-46(2)75(93-70(106)11-9-8-10-30-99-71(107)26-27-72(99)108)83(111)90-50(7)81(109)91-57-24-14-52(15-25-57)44-116-86(113)101-39-58-33-59(101)38-100(58)80-63-35-62(53-18-19-53)74(73-48(5)65(87)36-66-64(73)37-89-96-66)78(76(63)94-85(95-80)117-61-28-31-114-32-29-61)115-43-51-12-16-54(17-13-51)67-41-103(98-97-67)77(47(3)4)84(112)102-40-60(105)34-69(102)82(110)92-68(42-104)55-20-22-56(23-21-55)79-49(6)88-45-118-79/h12-17,20-27,35-37,41,45-47,50,53,58-61,68-69,75,77,104-105H,8-11,18-19,28-34,38-40,42-44H2,1-7H3,(H,89,96)(H,90,111)(H,91,109)(H,92,110)(H,93,106)/t50-,58-,59-,60+,68-,69-,75-,77-/m0/s1. The quantitative estimate of drug-likeness (QED) is 0.0157. The summed E-state index contributed by atoms with van der Waals surface area (Å²) < 4.78 is 43.7. The number of aliphatic hydroxyl groups excluding tert-OH is 2. The number of carbonyl (C=O) groups excluding carboxylic acids is 8. The highest BCUT2D eigenvalue weighted by molar-refractivity contribution is 7.13. The molecule has 118 heavy (non-hydrogen) atoms. The van der Waals surface area contributed by atoms with Gasteiger partial charge in [0.2, 0.25) is 29.5 Å². The molecule has 32 heteroatoms. The Kier molecular flexibility index (Phi) is 24.4. The molecule has 1 saturated carbocycles. The number of aryl methyl sites for hydroxylation is 1. The van der Waals surface area contributed by atoms with E-state index in [1.807, 2.05) is 69.3 Å². The fourth-order valence-electron chi connectivity index (χ4n) is 16.5. The number of nitrogens with zero attached hydrogens (tertiary/aromatic N) is 11. The molecule has 9 heterocycles. The van der Waals surface area contributed by atoms with Gasteiger partial charge in [-0.1, -0.05) is 100.0 Å². The summed E-state index contributed by atoms with van der Waals surface area (Å²) in [6.07, 6.45) is 9.49. The predicted octanol–water partition coefficient (Wildman–Crippen LogP) is 10.0. The van der Waals surface area contributed by atoms with Crippen LogP contribution in [0.3, 0.4) is 0 Å². The number of benzene rings is 5. The molecule has 1 aliphatic carbocycles. The molecule has 4 aromatic heterocycles. The van der Waals surface area contributed by atoms with Gasteiger partial charge in [0.1, 0.15) is 66.3 Å². The largest absolute Gasteiger partial charge is 0.486 e. The van der Waals surface area contributed by atoms with Crippen LogP contribution in [-0.4, -0.2) is 201 Å². The van der Waals surface area contributed by atoms with Crippen molar-refractivity contribution < 1.29 is 71.9 Å². The third-order valence-electron chi connectivity index (χ3n) is 23.1. The van der Waals surface area contributed by atoms with Gasteiger partial charge < -0.3 is 65.1 Å². The van der Waals surface area contributed by atoms with Crippen molar-refractivity contribution in [1.29, 1.82) is 0 Å². The van der Waals surface area contributed by atoms with Crippen molar-refractivity contribution in [2.75, 3.05) is 56.2 Å². The number of amides is 8. The Labute approximate surface area is 684 Å². The molecule has 6 aliphatic rings. The number of nitrogens with one attached hydrogen (secondary N) is 5. The summed E-state index contributed by atoms with van der Waals surface area (Å²) in [6, 6.07) is 20.6. The van der Waals surface area contributed by atoms with Gasteiger partial charge in [-0.2, -0.15) is 15.1 Å². The molecular formula is C86H97FN16O14S. The van der Waals surface area contributed by atoms with Gasteiger partial charge in [-0.15, -0.1) is 16.4 Å². The highest BCUT2D eigenvalue weighted by atomic mass is 32.1. The van der Waals surface area contributed by atoms with Crippen LogP contribution in [0.4, 0.5) is 20.7 Å². The number of unbranched alkanes of at least 4 members (excludes halogenated alkanes) is 2. The number of halogens is 1. The topological polar surface area (TPSA) is 373 Å². The molecule has 8 atom stereocenters. The van der Waals surface area contributed by atoms with E-state index in [9.17, 15) is 48.6 Å². The van der Waals surface area contributed by atoms with Gasteiger partial charge in [-0.3, -0.25) is 43.6 Å². The molecule has 0 unspecified atom stereocenters. The maximum absolute atomic E-state index is 16.5. The lowest BCUT2D eigenvalue weighted by Gasteiger charge is -2.35. The van der Waals surface area contributed by atoms with Crippen LogP contribution < -0.4 is 35.6 Å². The van der Waals surface area contributed by atoms with Crippen molar-refractivity contribution in [2.24, 2.45) is 11.8 Å². The number of imide groups is 1. The second kappa shape index (κ2) is 35.3. The van der Waals surface area contributed by atoms with E-state index in [-0.39, 0.29) is 98.8 Å². The molecule has 0 spiro atoms. The number of piperazine rings is 1. The van der Waals surface area contributed by atoms with Gasteiger partial charge in [0.15, 0.2) is 5.75 Å². The highest BCUT2D eigenvalue weighted by Gasteiger charge is 2.49. The lowest BCUT2D eigenvalue weighted by molar-refractivity contribution is -0.142. The van der Waals surface area contributed by atoms with Crippen molar-refractivity contribution >= 4 is 92.1 Å². The van der Waals surface area contributed by atoms with Crippen molar-refractivity contribution in [3.05, 3.63) is 154 Å². The molecule has 5 fully saturated rings.